The van der Waals surface area contributed by atoms with E-state index in [9.17, 15) is 0 Å². The van der Waals surface area contributed by atoms with E-state index in [1.165, 1.54) is 32.1 Å². The predicted octanol–water partition coefficient (Wildman–Crippen LogP) is 2.80. The van der Waals surface area contributed by atoms with Crippen molar-refractivity contribution in [1.82, 2.24) is 0 Å². The molecule has 1 nitrogen and oxygen atoms in total. The van der Waals surface area contributed by atoms with Gasteiger partial charge in [-0.2, -0.15) is 0 Å². The van der Waals surface area contributed by atoms with Gasteiger partial charge in [-0.25, -0.2) is 0 Å². The Hall–Kier alpha value is -0.480. The highest BCUT2D eigenvalue weighted by molar-refractivity contribution is 5.01. The fourth-order valence-corrected chi connectivity index (χ4v) is 5.11. The van der Waals surface area contributed by atoms with E-state index < -0.39 is 0 Å². The van der Waals surface area contributed by atoms with Gasteiger partial charge in [0.15, 0.2) is 0 Å². The molecule has 88 valence electrons. The zero-order valence-corrected chi connectivity index (χ0v) is 10.1. The third kappa shape index (κ3) is 1.68. The molecule has 2 N–H and O–H groups in total. The zero-order chi connectivity index (χ0) is 11.1. The number of hydrogen-bond donors (Lipinski definition) is 1. The van der Waals surface area contributed by atoms with Crippen molar-refractivity contribution in [2.45, 2.75) is 51.0 Å². The average molecular weight is 217 g/mol. The molecule has 4 aliphatic carbocycles. The molecule has 4 rings (SSSR count). The van der Waals surface area contributed by atoms with Gasteiger partial charge in [-0.05, 0) is 68.1 Å². The molecule has 4 bridgehead atoms. The Morgan fingerprint density at radius 1 is 1.06 bits per heavy atom. The first-order valence-corrected chi connectivity index (χ1v) is 6.97. The fourth-order valence-electron chi connectivity index (χ4n) is 5.11. The molecule has 0 spiro atoms. The van der Waals surface area contributed by atoms with Crippen LogP contribution in [0.2, 0.25) is 0 Å². The average Bonchev–Trinajstić information content (AvgIpc) is 2.24. The second-order valence-electron chi connectivity index (χ2n) is 6.41. The molecule has 1 unspecified atom stereocenters. The van der Waals surface area contributed by atoms with Crippen LogP contribution < -0.4 is 5.73 Å². The summed E-state index contributed by atoms with van der Waals surface area (Å²) in [6.07, 6.45) is 14.7. The molecule has 0 radical (unpaired) electrons. The van der Waals surface area contributed by atoms with E-state index in [-0.39, 0.29) is 0 Å². The molecule has 0 aliphatic heterocycles. The van der Waals surface area contributed by atoms with Gasteiger partial charge in [-0.3, -0.25) is 0 Å². The summed E-state index contributed by atoms with van der Waals surface area (Å²) in [5.41, 5.74) is 6.39. The van der Waals surface area contributed by atoms with E-state index in [2.05, 4.69) is 5.92 Å². The van der Waals surface area contributed by atoms with Crippen molar-refractivity contribution in [3.05, 3.63) is 0 Å². The van der Waals surface area contributed by atoms with Gasteiger partial charge >= 0.3 is 0 Å². The van der Waals surface area contributed by atoms with Gasteiger partial charge in [0, 0.05) is 12.5 Å². The first-order chi connectivity index (χ1) is 7.78. The minimum absolute atomic E-state index is 0.381. The Balaban J connectivity index is 1.69. The molecule has 0 aromatic rings. The molecule has 4 saturated carbocycles. The van der Waals surface area contributed by atoms with Crippen LogP contribution >= 0.6 is 0 Å². The summed E-state index contributed by atoms with van der Waals surface area (Å²) in [6.45, 7) is 0. The van der Waals surface area contributed by atoms with E-state index in [1.807, 2.05) is 0 Å². The minimum Gasteiger partial charge on any atom is -0.327 e. The van der Waals surface area contributed by atoms with Gasteiger partial charge in [0.2, 0.25) is 0 Å². The van der Waals surface area contributed by atoms with Crippen molar-refractivity contribution in [1.29, 1.82) is 0 Å². The maximum atomic E-state index is 6.39. The van der Waals surface area contributed by atoms with Crippen LogP contribution in [0.15, 0.2) is 0 Å². The molecule has 0 saturated heterocycles. The van der Waals surface area contributed by atoms with E-state index >= 15 is 0 Å². The van der Waals surface area contributed by atoms with Crippen LogP contribution in [0.4, 0.5) is 0 Å². The third-order valence-electron chi connectivity index (χ3n) is 5.42. The van der Waals surface area contributed by atoms with Crippen LogP contribution in [-0.2, 0) is 0 Å². The van der Waals surface area contributed by atoms with Crippen LogP contribution in [0, 0.1) is 41.9 Å². The van der Waals surface area contributed by atoms with Crippen molar-refractivity contribution < 1.29 is 0 Å². The Kier molecular flexibility index (Phi) is 2.72. The molecular weight excluding hydrogens is 194 g/mol. The van der Waals surface area contributed by atoms with Crippen molar-refractivity contribution in [2.24, 2.45) is 35.3 Å². The van der Waals surface area contributed by atoms with Crippen LogP contribution in [-0.4, -0.2) is 6.04 Å². The van der Waals surface area contributed by atoms with Crippen molar-refractivity contribution in [2.75, 3.05) is 0 Å². The Morgan fingerprint density at radius 2 is 1.62 bits per heavy atom. The Labute approximate surface area is 99.2 Å². The summed E-state index contributed by atoms with van der Waals surface area (Å²) in [5.74, 6) is 7.55. The topological polar surface area (TPSA) is 26.0 Å². The molecule has 0 amide bonds. The highest BCUT2D eigenvalue weighted by atomic mass is 14.7. The second kappa shape index (κ2) is 4.08. The largest absolute Gasteiger partial charge is 0.327 e. The maximum absolute atomic E-state index is 6.39. The van der Waals surface area contributed by atoms with Crippen molar-refractivity contribution in [3.8, 4) is 12.3 Å². The normalized spacial score (nSPS) is 46.6. The van der Waals surface area contributed by atoms with Crippen LogP contribution in [0.25, 0.3) is 0 Å². The molecule has 1 atom stereocenters. The lowest BCUT2D eigenvalue weighted by molar-refractivity contribution is -0.0473. The van der Waals surface area contributed by atoms with E-state index in [0.29, 0.717) is 6.04 Å². The first-order valence-electron chi connectivity index (χ1n) is 6.97. The van der Waals surface area contributed by atoms with E-state index in [1.54, 1.807) is 0 Å². The molecule has 0 heterocycles. The SMILES string of the molecule is C#CCCC(N)C1C2CC3CC(C2)CC1C3. The van der Waals surface area contributed by atoms with Gasteiger partial charge < -0.3 is 5.73 Å². The molecule has 1 heteroatoms. The van der Waals surface area contributed by atoms with Crippen molar-refractivity contribution >= 4 is 0 Å². The highest BCUT2D eigenvalue weighted by Crippen LogP contribution is 2.57. The number of terminal acetylenes is 1. The highest BCUT2D eigenvalue weighted by Gasteiger charge is 2.49. The molecule has 0 aromatic carbocycles. The summed E-state index contributed by atoms with van der Waals surface area (Å²) in [5, 5.41) is 0. The summed E-state index contributed by atoms with van der Waals surface area (Å²) >= 11 is 0. The second-order valence-corrected chi connectivity index (χ2v) is 6.41. The lowest BCUT2D eigenvalue weighted by Gasteiger charge is -2.56. The number of nitrogens with two attached hydrogens (primary N) is 1. The summed E-state index contributed by atoms with van der Waals surface area (Å²) in [7, 11) is 0. The summed E-state index contributed by atoms with van der Waals surface area (Å²) < 4.78 is 0. The van der Waals surface area contributed by atoms with Crippen LogP contribution in [0.1, 0.15) is 44.9 Å². The predicted molar refractivity (Wildman–Crippen MR) is 66.6 cm³/mol. The lowest BCUT2D eigenvalue weighted by Crippen LogP contribution is -2.51. The van der Waals surface area contributed by atoms with Gasteiger partial charge in [-0.1, -0.05) is 0 Å². The van der Waals surface area contributed by atoms with E-state index in [4.69, 9.17) is 12.2 Å². The van der Waals surface area contributed by atoms with E-state index in [0.717, 1.165) is 42.4 Å². The Morgan fingerprint density at radius 3 is 2.12 bits per heavy atom. The van der Waals surface area contributed by atoms with Crippen LogP contribution in [0.3, 0.4) is 0 Å². The third-order valence-corrected chi connectivity index (χ3v) is 5.42. The molecule has 4 fully saturated rings. The van der Waals surface area contributed by atoms with Crippen molar-refractivity contribution in [3.63, 3.8) is 0 Å². The van der Waals surface area contributed by atoms with Gasteiger partial charge in [0.05, 0.1) is 0 Å². The van der Waals surface area contributed by atoms with Gasteiger partial charge in [0.25, 0.3) is 0 Å². The maximum Gasteiger partial charge on any atom is 0.0101 e. The lowest BCUT2D eigenvalue weighted by atomic mass is 9.50. The fraction of sp³-hybridized carbons (Fsp3) is 0.867. The molecular formula is C15H23N. The standard InChI is InChI=1S/C15H23N/c1-2-3-4-14(16)15-12-6-10-5-11(8-12)9-13(15)7-10/h1,10-15H,3-9,16H2. The molecule has 0 aromatic heterocycles. The number of hydrogen-bond acceptors (Lipinski definition) is 1. The van der Waals surface area contributed by atoms with Crippen LogP contribution in [0.5, 0.6) is 0 Å². The monoisotopic (exact) mass is 217 g/mol. The van der Waals surface area contributed by atoms with Gasteiger partial charge in [0.1, 0.15) is 0 Å². The number of rotatable bonds is 3. The first kappa shape index (κ1) is 10.7. The molecule has 16 heavy (non-hydrogen) atoms. The Bertz CT molecular complexity index is 273. The molecule has 4 aliphatic rings. The summed E-state index contributed by atoms with van der Waals surface area (Å²) in [4.78, 5) is 0. The summed E-state index contributed by atoms with van der Waals surface area (Å²) in [6, 6.07) is 0.381. The van der Waals surface area contributed by atoms with Gasteiger partial charge in [-0.15, -0.1) is 12.3 Å². The zero-order valence-electron chi connectivity index (χ0n) is 10.1. The minimum atomic E-state index is 0.381. The quantitative estimate of drug-likeness (QED) is 0.723. The smallest absolute Gasteiger partial charge is 0.0101 e.